The number of aromatic nitrogens is 2. The fraction of sp³-hybridized carbons (Fsp3) is 0.750. The molecule has 5 nitrogen and oxygen atoms in total. The van der Waals surface area contributed by atoms with Gasteiger partial charge in [0.05, 0.1) is 5.69 Å². The van der Waals surface area contributed by atoms with Crippen LogP contribution >= 0.6 is 0 Å². The number of nitrogens with zero attached hydrogens (tertiary/aromatic N) is 2. The summed E-state index contributed by atoms with van der Waals surface area (Å²) < 4.78 is 2.40. The Bertz CT molecular complexity index is 503. The highest BCUT2D eigenvalue weighted by Crippen LogP contribution is 2.33. The van der Waals surface area contributed by atoms with Gasteiger partial charge in [-0.25, -0.2) is 4.98 Å². The molecule has 2 heterocycles. The SMILES string of the molecule is CC(=O)NCCn1c(C2CCCCC2)nc2c1CCNC2. The third-order valence-electron chi connectivity index (χ3n) is 4.70. The third-order valence-corrected chi connectivity index (χ3v) is 4.70. The van der Waals surface area contributed by atoms with E-state index in [1.165, 1.54) is 49.3 Å². The topological polar surface area (TPSA) is 59.0 Å². The number of carbonyl (C=O) groups is 1. The first-order valence-electron chi connectivity index (χ1n) is 8.29. The van der Waals surface area contributed by atoms with Crippen LogP contribution in [0.3, 0.4) is 0 Å². The average Bonchev–Trinajstić information content (AvgIpc) is 2.87. The standard InChI is InChI=1S/C16H26N4O/c1-12(21)18-9-10-20-15-7-8-17-11-14(15)19-16(20)13-5-3-2-4-6-13/h13,17H,2-11H2,1H3,(H,18,21). The minimum Gasteiger partial charge on any atom is -0.355 e. The Morgan fingerprint density at radius 2 is 2.19 bits per heavy atom. The molecule has 1 amide bonds. The van der Waals surface area contributed by atoms with Crippen molar-refractivity contribution in [1.82, 2.24) is 20.2 Å². The number of amides is 1. The lowest BCUT2D eigenvalue weighted by molar-refractivity contribution is -0.118. The third kappa shape index (κ3) is 3.28. The van der Waals surface area contributed by atoms with Crippen molar-refractivity contribution in [3.8, 4) is 0 Å². The van der Waals surface area contributed by atoms with Crippen molar-refractivity contribution >= 4 is 5.91 Å². The first-order chi connectivity index (χ1) is 10.3. The van der Waals surface area contributed by atoms with Crippen LogP contribution in [0.1, 0.15) is 62.2 Å². The van der Waals surface area contributed by atoms with Gasteiger partial charge in [-0.1, -0.05) is 19.3 Å². The quantitative estimate of drug-likeness (QED) is 0.887. The van der Waals surface area contributed by atoms with E-state index in [0.29, 0.717) is 12.5 Å². The van der Waals surface area contributed by atoms with E-state index >= 15 is 0 Å². The summed E-state index contributed by atoms with van der Waals surface area (Å²) in [5.41, 5.74) is 2.62. The van der Waals surface area contributed by atoms with E-state index in [9.17, 15) is 4.79 Å². The molecule has 0 atom stereocenters. The summed E-state index contributed by atoms with van der Waals surface area (Å²) in [4.78, 5) is 16.1. The van der Waals surface area contributed by atoms with Crippen LogP contribution in [0.5, 0.6) is 0 Å². The molecule has 1 aliphatic carbocycles. The van der Waals surface area contributed by atoms with Gasteiger partial charge in [-0.05, 0) is 12.8 Å². The lowest BCUT2D eigenvalue weighted by Crippen LogP contribution is -2.28. The van der Waals surface area contributed by atoms with Gasteiger partial charge in [0.25, 0.3) is 0 Å². The zero-order chi connectivity index (χ0) is 14.7. The van der Waals surface area contributed by atoms with Crippen LogP contribution in [0.4, 0.5) is 0 Å². The number of nitrogens with one attached hydrogen (secondary N) is 2. The Morgan fingerprint density at radius 3 is 2.95 bits per heavy atom. The van der Waals surface area contributed by atoms with Crippen LogP contribution in [-0.2, 0) is 24.3 Å². The van der Waals surface area contributed by atoms with Crippen LogP contribution in [-0.4, -0.2) is 28.5 Å². The lowest BCUT2D eigenvalue weighted by atomic mass is 9.88. The van der Waals surface area contributed by atoms with E-state index in [1.54, 1.807) is 6.92 Å². The van der Waals surface area contributed by atoms with Gasteiger partial charge in [-0.3, -0.25) is 4.79 Å². The molecule has 1 aromatic rings. The fourth-order valence-electron chi connectivity index (χ4n) is 3.66. The average molecular weight is 290 g/mol. The number of carbonyl (C=O) groups excluding carboxylic acids is 1. The minimum atomic E-state index is 0.0462. The summed E-state index contributed by atoms with van der Waals surface area (Å²) in [6.07, 6.45) is 7.60. The number of imidazole rings is 1. The highest BCUT2D eigenvalue weighted by Gasteiger charge is 2.25. The van der Waals surface area contributed by atoms with Crippen molar-refractivity contribution in [1.29, 1.82) is 0 Å². The van der Waals surface area contributed by atoms with Gasteiger partial charge in [0.1, 0.15) is 5.82 Å². The Morgan fingerprint density at radius 1 is 1.38 bits per heavy atom. The molecule has 116 valence electrons. The smallest absolute Gasteiger partial charge is 0.216 e. The summed E-state index contributed by atoms with van der Waals surface area (Å²) in [6.45, 7) is 5.06. The van der Waals surface area contributed by atoms with Gasteiger partial charge in [0.15, 0.2) is 0 Å². The Hall–Kier alpha value is -1.36. The second-order valence-electron chi connectivity index (χ2n) is 6.26. The van der Waals surface area contributed by atoms with Crippen LogP contribution < -0.4 is 10.6 Å². The van der Waals surface area contributed by atoms with Gasteiger partial charge < -0.3 is 15.2 Å². The van der Waals surface area contributed by atoms with E-state index in [-0.39, 0.29) is 5.91 Å². The molecule has 1 aromatic heterocycles. The second kappa shape index (κ2) is 6.60. The largest absolute Gasteiger partial charge is 0.355 e. The minimum absolute atomic E-state index is 0.0462. The summed E-state index contributed by atoms with van der Waals surface area (Å²) in [5, 5.41) is 6.33. The van der Waals surface area contributed by atoms with Gasteiger partial charge in [-0.2, -0.15) is 0 Å². The molecule has 0 bridgehead atoms. The zero-order valence-electron chi connectivity index (χ0n) is 13.0. The molecule has 0 radical (unpaired) electrons. The van der Waals surface area contributed by atoms with Crippen LogP contribution in [0.15, 0.2) is 0 Å². The van der Waals surface area contributed by atoms with E-state index in [0.717, 1.165) is 26.1 Å². The summed E-state index contributed by atoms with van der Waals surface area (Å²) in [6, 6.07) is 0. The molecule has 0 unspecified atom stereocenters. The van der Waals surface area contributed by atoms with Crippen molar-refractivity contribution in [3.05, 3.63) is 17.2 Å². The summed E-state index contributed by atoms with van der Waals surface area (Å²) in [5.74, 6) is 1.93. The lowest BCUT2D eigenvalue weighted by Gasteiger charge is -2.23. The monoisotopic (exact) mass is 290 g/mol. The molecular formula is C16H26N4O. The Labute approximate surface area is 126 Å². The number of rotatable bonds is 4. The van der Waals surface area contributed by atoms with Crippen molar-refractivity contribution in [3.63, 3.8) is 0 Å². The molecule has 21 heavy (non-hydrogen) atoms. The van der Waals surface area contributed by atoms with Gasteiger partial charge in [0.2, 0.25) is 5.91 Å². The molecule has 1 aliphatic heterocycles. The first-order valence-corrected chi connectivity index (χ1v) is 8.29. The van der Waals surface area contributed by atoms with E-state index in [1.807, 2.05) is 0 Å². The van der Waals surface area contributed by atoms with Gasteiger partial charge >= 0.3 is 0 Å². The van der Waals surface area contributed by atoms with E-state index < -0.39 is 0 Å². The Balaban J connectivity index is 1.82. The predicted molar refractivity (Wildman–Crippen MR) is 82.1 cm³/mol. The molecule has 2 aliphatic rings. The van der Waals surface area contributed by atoms with Crippen molar-refractivity contribution in [2.45, 2.75) is 64.5 Å². The van der Waals surface area contributed by atoms with E-state index in [4.69, 9.17) is 4.98 Å². The van der Waals surface area contributed by atoms with Crippen molar-refractivity contribution in [2.24, 2.45) is 0 Å². The molecular weight excluding hydrogens is 264 g/mol. The number of hydrogen-bond donors (Lipinski definition) is 2. The molecule has 0 saturated heterocycles. The van der Waals surface area contributed by atoms with Crippen molar-refractivity contribution < 1.29 is 4.79 Å². The Kier molecular flexibility index (Phi) is 4.58. The van der Waals surface area contributed by atoms with Gasteiger partial charge in [-0.15, -0.1) is 0 Å². The second-order valence-corrected chi connectivity index (χ2v) is 6.26. The molecule has 1 saturated carbocycles. The molecule has 0 aromatic carbocycles. The maximum atomic E-state index is 11.1. The highest BCUT2D eigenvalue weighted by atomic mass is 16.1. The molecule has 1 fully saturated rings. The highest BCUT2D eigenvalue weighted by molar-refractivity contribution is 5.72. The predicted octanol–water partition coefficient (Wildman–Crippen LogP) is 1.71. The molecule has 5 heteroatoms. The van der Waals surface area contributed by atoms with Gasteiger partial charge in [0, 0.05) is 51.1 Å². The van der Waals surface area contributed by atoms with Crippen LogP contribution in [0, 0.1) is 0 Å². The summed E-state index contributed by atoms with van der Waals surface area (Å²) >= 11 is 0. The number of hydrogen-bond acceptors (Lipinski definition) is 3. The molecule has 0 spiro atoms. The van der Waals surface area contributed by atoms with E-state index in [2.05, 4.69) is 15.2 Å². The van der Waals surface area contributed by atoms with Crippen LogP contribution in [0.25, 0.3) is 0 Å². The summed E-state index contributed by atoms with van der Waals surface area (Å²) in [7, 11) is 0. The molecule has 2 N–H and O–H groups in total. The fourth-order valence-corrected chi connectivity index (χ4v) is 3.66. The molecule has 3 rings (SSSR count). The maximum absolute atomic E-state index is 11.1. The zero-order valence-corrected chi connectivity index (χ0v) is 13.0. The van der Waals surface area contributed by atoms with Crippen LogP contribution in [0.2, 0.25) is 0 Å². The first kappa shape index (κ1) is 14.6. The normalized spacial score (nSPS) is 19.3. The van der Waals surface area contributed by atoms with Crippen molar-refractivity contribution in [2.75, 3.05) is 13.1 Å². The number of fused-ring (bicyclic) bond motifs is 1. The maximum Gasteiger partial charge on any atom is 0.216 e.